The first-order valence-electron chi connectivity index (χ1n) is 6.53. The summed E-state index contributed by atoms with van der Waals surface area (Å²) >= 11 is 3.71. The summed E-state index contributed by atoms with van der Waals surface area (Å²) in [4.78, 5) is 2.12. The van der Waals surface area contributed by atoms with E-state index < -0.39 is 0 Å². The van der Waals surface area contributed by atoms with E-state index in [-0.39, 0.29) is 0 Å². The second-order valence-electron chi connectivity index (χ2n) is 5.18. The molecule has 0 amide bonds. The third-order valence-corrected chi connectivity index (χ3v) is 4.31. The number of hydrogen-bond donors (Lipinski definition) is 0. The highest BCUT2D eigenvalue weighted by Gasteiger charge is 2.14. The highest BCUT2D eigenvalue weighted by atomic mass is 79.9. The van der Waals surface area contributed by atoms with Gasteiger partial charge in [0.15, 0.2) is 0 Å². The molecule has 2 heteroatoms. The molecule has 0 saturated carbocycles. The molecule has 0 saturated heterocycles. The predicted octanol–water partition coefficient (Wildman–Crippen LogP) is 4.98. The highest BCUT2D eigenvalue weighted by Crippen LogP contribution is 2.33. The van der Waals surface area contributed by atoms with Gasteiger partial charge < -0.3 is 4.90 Å². The third-order valence-electron chi connectivity index (χ3n) is 3.62. The topological polar surface area (TPSA) is 3.24 Å². The van der Waals surface area contributed by atoms with Crippen LogP contribution in [0.2, 0.25) is 0 Å². The number of nitrogens with zero attached hydrogens (tertiary/aromatic N) is 1. The van der Waals surface area contributed by atoms with Crippen LogP contribution in [0.3, 0.4) is 0 Å². The van der Waals surface area contributed by atoms with Crippen LogP contribution in [0.1, 0.15) is 29.5 Å². The van der Waals surface area contributed by atoms with Crippen molar-refractivity contribution in [3.63, 3.8) is 0 Å². The van der Waals surface area contributed by atoms with E-state index in [0.717, 1.165) is 0 Å². The van der Waals surface area contributed by atoms with Crippen LogP contribution in [0, 0.1) is 6.92 Å². The average molecular weight is 318 g/mol. The lowest BCUT2D eigenvalue weighted by Crippen LogP contribution is -2.09. The molecule has 0 aliphatic rings. The first kappa shape index (κ1) is 14.1. The zero-order valence-corrected chi connectivity index (χ0v) is 13.5. The van der Waals surface area contributed by atoms with Gasteiger partial charge >= 0.3 is 0 Å². The van der Waals surface area contributed by atoms with Gasteiger partial charge in [-0.15, -0.1) is 0 Å². The molecule has 100 valence electrons. The Balaban J connectivity index is 2.40. The molecule has 2 aromatic carbocycles. The van der Waals surface area contributed by atoms with Crippen LogP contribution >= 0.6 is 15.9 Å². The molecular formula is C17H20BrN. The van der Waals surface area contributed by atoms with Crippen LogP contribution in [-0.2, 0) is 0 Å². The molecule has 2 aromatic rings. The molecule has 0 spiro atoms. The van der Waals surface area contributed by atoms with E-state index in [4.69, 9.17) is 0 Å². The van der Waals surface area contributed by atoms with Crippen LogP contribution in [0.25, 0.3) is 0 Å². The third kappa shape index (κ3) is 3.01. The molecule has 0 fully saturated rings. The molecule has 0 radical (unpaired) electrons. The summed E-state index contributed by atoms with van der Waals surface area (Å²) in [6.07, 6.45) is 0. The Morgan fingerprint density at radius 3 is 2.26 bits per heavy atom. The van der Waals surface area contributed by atoms with Crippen molar-refractivity contribution in [2.24, 2.45) is 0 Å². The number of anilines is 1. The van der Waals surface area contributed by atoms with E-state index in [9.17, 15) is 0 Å². The van der Waals surface area contributed by atoms with E-state index in [1.807, 2.05) is 0 Å². The maximum Gasteiger partial charge on any atom is 0.0372 e. The molecule has 0 N–H and O–H groups in total. The van der Waals surface area contributed by atoms with Crippen molar-refractivity contribution in [3.8, 4) is 0 Å². The quantitative estimate of drug-likeness (QED) is 0.772. The molecule has 0 aliphatic carbocycles. The van der Waals surface area contributed by atoms with Crippen molar-refractivity contribution in [1.82, 2.24) is 0 Å². The molecule has 19 heavy (non-hydrogen) atoms. The standard InChI is InChI=1S/C17H20BrN/c1-12-7-5-6-8-15(12)13(2)16-10-9-14(19(3)4)11-17(16)18/h5-11,13H,1-4H3. The van der Waals surface area contributed by atoms with Crippen LogP contribution < -0.4 is 4.90 Å². The Bertz CT molecular complexity index is 575. The number of halogens is 1. The van der Waals surface area contributed by atoms with E-state index in [2.05, 4.69) is 91.2 Å². The summed E-state index contributed by atoms with van der Waals surface area (Å²) in [5.74, 6) is 0.395. The van der Waals surface area contributed by atoms with Crippen molar-refractivity contribution in [2.45, 2.75) is 19.8 Å². The second kappa shape index (κ2) is 5.79. The van der Waals surface area contributed by atoms with Crippen molar-refractivity contribution >= 4 is 21.6 Å². The molecular weight excluding hydrogens is 298 g/mol. The molecule has 0 heterocycles. The molecule has 1 unspecified atom stereocenters. The maximum atomic E-state index is 3.71. The maximum absolute atomic E-state index is 3.71. The normalized spacial score (nSPS) is 12.3. The minimum Gasteiger partial charge on any atom is -0.378 e. The number of rotatable bonds is 3. The number of aryl methyl sites for hydroxylation is 1. The van der Waals surface area contributed by atoms with Gasteiger partial charge in [0.25, 0.3) is 0 Å². The lowest BCUT2D eigenvalue weighted by molar-refractivity contribution is 0.903. The van der Waals surface area contributed by atoms with E-state index in [1.54, 1.807) is 0 Å². The summed E-state index contributed by atoms with van der Waals surface area (Å²) < 4.78 is 1.18. The lowest BCUT2D eigenvalue weighted by atomic mass is 9.90. The van der Waals surface area contributed by atoms with E-state index in [1.165, 1.54) is 26.9 Å². The van der Waals surface area contributed by atoms with Gasteiger partial charge in [-0.1, -0.05) is 53.2 Å². The van der Waals surface area contributed by atoms with Gasteiger partial charge in [0.1, 0.15) is 0 Å². The summed E-state index contributed by atoms with van der Waals surface area (Å²) in [5.41, 5.74) is 5.28. The van der Waals surface area contributed by atoms with Gasteiger partial charge in [-0.25, -0.2) is 0 Å². The van der Waals surface area contributed by atoms with Crippen LogP contribution in [0.15, 0.2) is 46.9 Å². The van der Waals surface area contributed by atoms with Crippen molar-refractivity contribution in [1.29, 1.82) is 0 Å². The fourth-order valence-electron chi connectivity index (χ4n) is 2.39. The first-order valence-corrected chi connectivity index (χ1v) is 7.32. The zero-order chi connectivity index (χ0) is 14.0. The van der Waals surface area contributed by atoms with Crippen LogP contribution in [-0.4, -0.2) is 14.1 Å². The largest absolute Gasteiger partial charge is 0.378 e. The predicted molar refractivity (Wildman–Crippen MR) is 87.2 cm³/mol. The van der Waals surface area contributed by atoms with E-state index >= 15 is 0 Å². The first-order chi connectivity index (χ1) is 9.00. The van der Waals surface area contributed by atoms with Crippen molar-refractivity contribution in [2.75, 3.05) is 19.0 Å². The Hall–Kier alpha value is -1.28. The molecule has 1 nitrogen and oxygen atoms in total. The second-order valence-corrected chi connectivity index (χ2v) is 6.03. The number of hydrogen-bond acceptors (Lipinski definition) is 1. The Labute approximate surface area is 124 Å². The Kier molecular flexibility index (Phi) is 4.31. The Morgan fingerprint density at radius 1 is 1.00 bits per heavy atom. The van der Waals surface area contributed by atoms with Crippen molar-refractivity contribution in [3.05, 3.63) is 63.6 Å². The van der Waals surface area contributed by atoms with Gasteiger partial charge in [-0.2, -0.15) is 0 Å². The van der Waals surface area contributed by atoms with Crippen LogP contribution in [0.5, 0.6) is 0 Å². The molecule has 0 aromatic heterocycles. The van der Waals surface area contributed by atoms with Crippen molar-refractivity contribution < 1.29 is 0 Å². The van der Waals surface area contributed by atoms with Gasteiger partial charge in [-0.05, 0) is 35.7 Å². The molecule has 2 rings (SSSR count). The molecule has 0 aliphatic heterocycles. The smallest absolute Gasteiger partial charge is 0.0372 e. The number of benzene rings is 2. The summed E-state index contributed by atoms with van der Waals surface area (Å²) in [5, 5.41) is 0. The van der Waals surface area contributed by atoms with Gasteiger partial charge in [0, 0.05) is 30.2 Å². The highest BCUT2D eigenvalue weighted by molar-refractivity contribution is 9.10. The minimum atomic E-state index is 0.395. The summed E-state index contributed by atoms with van der Waals surface area (Å²) in [6.45, 7) is 4.44. The Morgan fingerprint density at radius 2 is 1.68 bits per heavy atom. The molecule has 1 atom stereocenters. The van der Waals surface area contributed by atoms with Crippen LogP contribution in [0.4, 0.5) is 5.69 Å². The summed E-state index contributed by atoms with van der Waals surface area (Å²) in [7, 11) is 4.12. The van der Waals surface area contributed by atoms with E-state index in [0.29, 0.717) is 5.92 Å². The SMILES string of the molecule is Cc1ccccc1C(C)c1ccc(N(C)C)cc1Br. The zero-order valence-electron chi connectivity index (χ0n) is 11.9. The minimum absolute atomic E-state index is 0.395. The lowest BCUT2D eigenvalue weighted by Gasteiger charge is -2.19. The molecule has 0 bridgehead atoms. The van der Waals surface area contributed by atoms with Gasteiger partial charge in [0.2, 0.25) is 0 Å². The fraction of sp³-hybridized carbons (Fsp3) is 0.294. The fourth-order valence-corrected chi connectivity index (χ4v) is 3.10. The van der Waals surface area contributed by atoms with Gasteiger partial charge in [0.05, 0.1) is 0 Å². The summed E-state index contributed by atoms with van der Waals surface area (Å²) in [6, 6.07) is 15.2. The monoisotopic (exact) mass is 317 g/mol. The average Bonchev–Trinajstić information content (AvgIpc) is 2.38. The van der Waals surface area contributed by atoms with Gasteiger partial charge in [-0.3, -0.25) is 0 Å².